The van der Waals surface area contributed by atoms with Gasteiger partial charge in [-0.3, -0.25) is 9.69 Å². The van der Waals surface area contributed by atoms with Crippen LogP contribution in [0.4, 0.5) is 11.4 Å². The minimum Gasteiger partial charge on any atom is -0.397 e. The smallest absolute Gasteiger partial charge is 0.241 e. The van der Waals surface area contributed by atoms with Crippen molar-refractivity contribution >= 4 is 28.6 Å². The summed E-state index contributed by atoms with van der Waals surface area (Å²) in [5.74, 6) is -0.0717. The van der Waals surface area contributed by atoms with Crippen LogP contribution in [0, 0.1) is 6.92 Å². The van der Waals surface area contributed by atoms with Gasteiger partial charge in [0.2, 0.25) is 5.91 Å². The van der Waals surface area contributed by atoms with Gasteiger partial charge in [-0.2, -0.15) is 0 Å². The van der Waals surface area contributed by atoms with Crippen molar-refractivity contribution in [2.75, 3.05) is 18.1 Å². The molecule has 5 nitrogen and oxygen atoms in total. The summed E-state index contributed by atoms with van der Waals surface area (Å²) in [5, 5.41) is 2.87. The van der Waals surface area contributed by atoms with Gasteiger partial charge in [0.15, 0.2) is 0 Å². The summed E-state index contributed by atoms with van der Waals surface area (Å²) in [6, 6.07) is 7.00. The number of aryl methyl sites for hydroxylation is 1. The van der Waals surface area contributed by atoms with Crippen molar-refractivity contribution in [3.63, 3.8) is 0 Å². The van der Waals surface area contributed by atoms with E-state index in [1.807, 2.05) is 43.4 Å². The molecule has 1 aromatic carbocycles. The second kappa shape index (κ2) is 6.69. The fourth-order valence-electron chi connectivity index (χ4n) is 1.89. The van der Waals surface area contributed by atoms with Crippen LogP contribution < -0.4 is 11.1 Å². The van der Waals surface area contributed by atoms with Crippen molar-refractivity contribution in [3.05, 3.63) is 40.3 Å². The highest BCUT2D eigenvalue weighted by Gasteiger charge is 2.20. The molecule has 0 bridgehead atoms. The molecule has 0 spiro atoms. The number of nitrogens with two attached hydrogens (primary N) is 1. The average Bonchev–Trinajstić information content (AvgIpc) is 2.86. The Kier molecular flexibility index (Phi) is 4.93. The monoisotopic (exact) mass is 304 g/mol. The Morgan fingerprint density at radius 1 is 1.48 bits per heavy atom. The molecule has 1 atom stereocenters. The van der Waals surface area contributed by atoms with E-state index in [9.17, 15) is 4.79 Å². The lowest BCUT2D eigenvalue weighted by Crippen LogP contribution is -2.39. The third-order valence-corrected chi connectivity index (χ3v) is 4.42. The predicted octanol–water partition coefficient (Wildman–Crippen LogP) is 2.49. The number of nitrogens with zero attached hydrogens (tertiary/aromatic N) is 2. The van der Waals surface area contributed by atoms with E-state index in [0.29, 0.717) is 17.9 Å². The lowest BCUT2D eigenvalue weighted by molar-refractivity contribution is -0.120. The summed E-state index contributed by atoms with van der Waals surface area (Å²) in [6.45, 7) is 4.56. The molecule has 3 N–H and O–H groups in total. The van der Waals surface area contributed by atoms with E-state index in [1.54, 1.807) is 23.5 Å². The number of nitrogen functional groups attached to an aromatic ring is 1. The molecule has 1 heterocycles. The zero-order valence-electron chi connectivity index (χ0n) is 12.5. The summed E-state index contributed by atoms with van der Waals surface area (Å²) in [7, 11) is 1.93. The standard InChI is InChI=1S/C15H20N4OS/c1-10-14(21-9-17-10)8-19(3)11(2)15(20)18-13-7-5-4-6-12(13)16/h4-7,9,11H,8,16H2,1-3H3,(H,18,20). The summed E-state index contributed by atoms with van der Waals surface area (Å²) < 4.78 is 0. The summed E-state index contributed by atoms with van der Waals surface area (Å²) in [6.07, 6.45) is 0. The number of thiazole rings is 1. The van der Waals surface area contributed by atoms with E-state index in [0.717, 1.165) is 5.69 Å². The molecule has 1 aromatic heterocycles. The van der Waals surface area contributed by atoms with Gasteiger partial charge in [0.05, 0.1) is 28.6 Å². The minimum atomic E-state index is -0.258. The second-order valence-electron chi connectivity index (χ2n) is 5.03. The molecule has 0 aliphatic carbocycles. The molecular weight excluding hydrogens is 284 g/mol. The molecule has 21 heavy (non-hydrogen) atoms. The fourth-order valence-corrected chi connectivity index (χ4v) is 2.73. The van der Waals surface area contributed by atoms with Gasteiger partial charge < -0.3 is 11.1 Å². The number of benzene rings is 1. The molecule has 6 heteroatoms. The Hall–Kier alpha value is -1.92. The average molecular weight is 304 g/mol. The van der Waals surface area contributed by atoms with Crippen LogP contribution in [0.2, 0.25) is 0 Å². The molecule has 1 unspecified atom stereocenters. The molecule has 0 radical (unpaired) electrons. The number of rotatable bonds is 5. The SMILES string of the molecule is Cc1ncsc1CN(C)C(C)C(=O)Nc1ccccc1N. The maximum atomic E-state index is 12.3. The molecule has 0 fully saturated rings. The van der Waals surface area contributed by atoms with Crippen LogP contribution in [0.1, 0.15) is 17.5 Å². The molecular formula is C15H20N4OS. The number of anilines is 2. The molecule has 2 aromatic rings. The van der Waals surface area contributed by atoms with Gasteiger partial charge in [-0.05, 0) is 33.0 Å². The van der Waals surface area contributed by atoms with Gasteiger partial charge in [0.1, 0.15) is 0 Å². The predicted molar refractivity (Wildman–Crippen MR) is 87.3 cm³/mol. The lowest BCUT2D eigenvalue weighted by atomic mass is 10.2. The fraction of sp³-hybridized carbons (Fsp3) is 0.333. The maximum absolute atomic E-state index is 12.3. The van der Waals surface area contributed by atoms with E-state index < -0.39 is 0 Å². The number of hydrogen-bond acceptors (Lipinski definition) is 5. The first-order chi connectivity index (χ1) is 9.99. The molecule has 0 aliphatic rings. The highest BCUT2D eigenvalue weighted by molar-refractivity contribution is 7.09. The highest BCUT2D eigenvalue weighted by Crippen LogP contribution is 2.19. The van der Waals surface area contributed by atoms with Gasteiger partial charge >= 0.3 is 0 Å². The van der Waals surface area contributed by atoms with Crippen molar-refractivity contribution in [2.24, 2.45) is 0 Å². The van der Waals surface area contributed by atoms with Crippen molar-refractivity contribution in [2.45, 2.75) is 26.4 Å². The Morgan fingerprint density at radius 3 is 2.81 bits per heavy atom. The zero-order valence-corrected chi connectivity index (χ0v) is 13.3. The van der Waals surface area contributed by atoms with Crippen LogP contribution in [0.3, 0.4) is 0 Å². The van der Waals surface area contributed by atoms with Gasteiger partial charge in [-0.1, -0.05) is 12.1 Å². The number of carbonyl (C=O) groups is 1. The summed E-state index contributed by atoms with van der Waals surface area (Å²) >= 11 is 1.61. The summed E-state index contributed by atoms with van der Waals surface area (Å²) in [4.78, 5) is 19.7. The van der Waals surface area contributed by atoms with Gasteiger partial charge in [-0.15, -0.1) is 11.3 Å². The quantitative estimate of drug-likeness (QED) is 0.833. The number of likely N-dealkylation sites (N-methyl/N-ethyl adjacent to an activating group) is 1. The first-order valence-electron chi connectivity index (χ1n) is 6.73. The van der Waals surface area contributed by atoms with Crippen LogP contribution in [-0.2, 0) is 11.3 Å². The Balaban J connectivity index is 1.99. The third kappa shape index (κ3) is 3.80. The highest BCUT2D eigenvalue weighted by atomic mass is 32.1. The van der Waals surface area contributed by atoms with Crippen LogP contribution in [-0.4, -0.2) is 28.9 Å². The topological polar surface area (TPSA) is 71.2 Å². The van der Waals surface area contributed by atoms with Crippen LogP contribution in [0.15, 0.2) is 29.8 Å². The van der Waals surface area contributed by atoms with E-state index in [4.69, 9.17) is 5.73 Å². The van der Waals surface area contributed by atoms with E-state index in [-0.39, 0.29) is 11.9 Å². The van der Waals surface area contributed by atoms with Gasteiger partial charge in [-0.25, -0.2) is 4.98 Å². The molecule has 0 saturated heterocycles. The lowest BCUT2D eigenvalue weighted by Gasteiger charge is -2.23. The van der Waals surface area contributed by atoms with E-state index in [1.165, 1.54) is 4.88 Å². The second-order valence-corrected chi connectivity index (χ2v) is 5.97. The molecule has 1 amide bonds. The maximum Gasteiger partial charge on any atom is 0.241 e. The van der Waals surface area contributed by atoms with E-state index in [2.05, 4.69) is 10.3 Å². The van der Waals surface area contributed by atoms with Crippen LogP contribution in [0.25, 0.3) is 0 Å². The number of para-hydroxylation sites is 2. The molecule has 0 aliphatic heterocycles. The molecule has 112 valence electrons. The number of aromatic nitrogens is 1. The number of nitrogens with one attached hydrogen (secondary N) is 1. The Labute approximate surface area is 128 Å². The first-order valence-corrected chi connectivity index (χ1v) is 7.61. The van der Waals surface area contributed by atoms with Crippen molar-refractivity contribution in [1.29, 1.82) is 0 Å². The van der Waals surface area contributed by atoms with Crippen LogP contribution >= 0.6 is 11.3 Å². The number of hydrogen-bond donors (Lipinski definition) is 2. The third-order valence-electron chi connectivity index (χ3n) is 3.50. The summed E-state index contributed by atoms with van der Waals surface area (Å²) in [5.41, 5.74) is 9.91. The minimum absolute atomic E-state index is 0.0717. The van der Waals surface area contributed by atoms with Gasteiger partial charge in [0, 0.05) is 11.4 Å². The van der Waals surface area contributed by atoms with Crippen LogP contribution in [0.5, 0.6) is 0 Å². The van der Waals surface area contributed by atoms with Gasteiger partial charge in [0.25, 0.3) is 0 Å². The molecule has 2 rings (SSSR count). The normalized spacial score (nSPS) is 12.4. The van der Waals surface area contributed by atoms with Crippen molar-refractivity contribution in [3.8, 4) is 0 Å². The number of carbonyl (C=O) groups excluding carboxylic acids is 1. The Morgan fingerprint density at radius 2 is 2.19 bits per heavy atom. The first kappa shape index (κ1) is 15.5. The largest absolute Gasteiger partial charge is 0.397 e. The van der Waals surface area contributed by atoms with Crippen molar-refractivity contribution in [1.82, 2.24) is 9.88 Å². The van der Waals surface area contributed by atoms with Crippen molar-refractivity contribution < 1.29 is 4.79 Å². The Bertz CT molecular complexity index is 626. The van der Waals surface area contributed by atoms with E-state index >= 15 is 0 Å². The molecule has 0 saturated carbocycles. The number of amides is 1. The zero-order chi connectivity index (χ0) is 15.4.